The molecule has 2 aliphatic heterocycles. The molecule has 9 nitrogen and oxygen atoms in total. The van der Waals surface area contributed by atoms with Crippen LogP contribution in [0.25, 0.3) is 0 Å². The molecule has 3 aliphatic carbocycles. The standard InChI is InChI=1S/C42H55NO8/c1-10-49-21-20-43-39(48)27(7)18-19-41-38(47)28-22-31-36(46)33-35(45)29(17-15-26(6)13-11-12-24(2)3)34(44)30(16-14-25(4)5)37(33)50-42(31,41)32(23-28)40(8,9)51-41/h12,14-15,18,22,28,32,44-45H,10-11,13,16-17,19-21,23H2,1-9H3,(H,43,48)/b26-15+,27-18?/t28-,32+,41+,42-/m1/s1. The summed E-state index contributed by atoms with van der Waals surface area (Å²) in [6.45, 7) is 18.7. The van der Waals surface area contributed by atoms with Crippen LogP contribution in [0, 0.1) is 11.8 Å². The first-order chi connectivity index (χ1) is 24.0. The maximum Gasteiger partial charge on any atom is 0.246 e. The molecule has 2 heterocycles. The molecule has 0 radical (unpaired) electrons. The minimum absolute atomic E-state index is 0.000166. The number of fused-ring (bicyclic) bond motifs is 1. The summed E-state index contributed by atoms with van der Waals surface area (Å²) in [6.07, 6.45) is 12.1. The second-order valence-corrected chi connectivity index (χ2v) is 15.5. The number of benzene rings is 1. The SMILES string of the molecule is CCOCCNC(=O)C(C)=CC[C@@]12OC(C)(C)[C@@H]3C[C@@H](C=C4C(=O)c5c(O)c(C/C=C(\C)CCC=C(C)C)c(O)c(CC=C(C)C)c5O[C@]431)C2=O. The van der Waals surface area contributed by atoms with E-state index in [9.17, 15) is 24.6 Å². The number of phenolic OH excluding ortho intramolecular Hbond substituents is 2. The van der Waals surface area contributed by atoms with Gasteiger partial charge in [-0.2, -0.15) is 0 Å². The second-order valence-electron chi connectivity index (χ2n) is 15.5. The predicted molar refractivity (Wildman–Crippen MR) is 197 cm³/mol. The highest BCUT2D eigenvalue weighted by Gasteiger charge is 2.81. The predicted octanol–water partition coefficient (Wildman–Crippen LogP) is 7.34. The Hall–Kier alpha value is -3.95. The Kier molecular flexibility index (Phi) is 10.9. The molecule has 51 heavy (non-hydrogen) atoms. The average molecular weight is 702 g/mol. The molecule has 1 saturated heterocycles. The van der Waals surface area contributed by atoms with E-state index in [4.69, 9.17) is 14.2 Å². The molecule has 9 heteroatoms. The Bertz CT molecular complexity index is 1770. The van der Waals surface area contributed by atoms with E-state index >= 15 is 0 Å². The lowest BCUT2D eigenvalue weighted by Gasteiger charge is -2.56. The number of ketones is 2. The summed E-state index contributed by atoms with van der Waals surface area (Å²) in [4.78, 5) is 42.3. The molecular weight excluding hydrogens is 646 g/mol. The van der Waals surface area contributed by atoms with Crippen molar-refractivity contribution in [3.05, 3.63) is 74.9 Å². The van der Waals surface area contributed by atoms with Crippen molar-refractivity contribution >= 4 is 17.5 Å². The third-order valence-electron chi connectivity index (χ3n) is 10.9. The number of Topliss-reactive ketones (excluding diaryl/α,β-unsaturated/α-hetero) is 2. The van der Waals surface area contributed by atoms with E-state index < -0.39 is 34.4 Å². The zero-order valence-electron chi connectivity index (χ0n) is 31.7. The van der Waals surface area contributed by atoms with Crippen LogP contribution in [0.4, 0.5) is 0 Å². The third kappa shape index (κ3) is 6.63. The Morgan fingerprint density at radius 3 is 2.33 bits per heavy atom. The molecule has 1 saturated carbocycles. The second kappa shape index (κ2) is 14.6. The van der Waals surface area contributed by atoms with Gasteiger partial charge in [0.25, 0.3) is 0 Å². The van der Waals surface area contributed by atoms with Crippen LogP contribution >= 0.6 is 0 Å². The molecule has 3 N–H and O–H groups in total. The van der Waals surface area contributed by atoms with Crippen molar-refractivity contribution in [2.24, 2.45) is 11.8 Å². The molecule has 0 aromatic heterocycles. The first kappa shape index (κ1) is 38.3. The van der Waals surface area contributed by atoms with Gasteiger partial charge in [-0.15, -0.1) is 0 Å². The molecule has 1 aromatic carbocycles. The van der Waals surface area contributed by atoms with Crippen LogP contribution in [-0.2, 0) is 31.9 Å². The van der Waals surface area contributed by atoms with Crippen LogP contribution in [0.15, 0.2) is 58.2 Å². The number of hydrogen-bond donors (Lipinski definition) is 3. The summed E-state index contributed by atoms with van der Waals surface area (Å²) in [5.41, 5.74) is 0.670. The molecule has 0 unspecified atom stereocenters. The lowest BCUT2D eigenvalue weighted by atomic mass is 9.51. The van der Waals surface area contributed by atoms with Crippen molar-refractivity contribution in [2.75, 3.05) is 19.8 Å². The van der Waals surface area contributed by atoms with Crippen molar-refractivity contribution in [3.8, 4) is 17.2 Å². The number of carbonyl (C=O) groups is 3. The number of nitrogens with one attached hydrogen (secondary N) is 1. The summed E-state index contributed by atoms with van der Waals surface area (Å²) >= 11 is 0. The highest BCUT2D eigenvalue weighted by Crippen LogP contribution is 2.68. The highest BCUT2D eigenvalue weighted by atomic mass is 16.6. The van der Waals surface area contributed by atoms with Crippen molar-refractivity contribution in [1.82, 2.24) is 5.32 Å². The fourth-order valence-corrected chi connectivity index (χ4v) is 8.33. The molecule has 4 atom stereocenters. The van der Waals surface area contributed by atoms with Gasteiger partial charge in [-0.25, -0.2) is 0 Å². The molecule has 5 aliphatic rings. The Morgan fingerprint density at radius 1 is 0.980 bits per heavy atom. The van der Waals surface area contributed by atoms with Gasteiger partial charge in [-0.05, 0) is 94.4 Å². The van der Waals surface area contributed by atoms with E-state index in [0.29, 0.717) is 42.9 Å². The first-order valence-corrected chi connectivity index (χ1v) is 18.3. The number of carbonyl (C=O) groups excluding carboxylic acids is 3. The topological polar surface area (TPSA) is 131 Å². The van der Waals surface area contributed by atoms with E-state index in [0.717, 1.165) is 24.0 Å². The van der Waals surface area contributed by atoms with Gasteiger partial charge in [0.15, 0.2) is 22.8 Å². The molecule has 1 amide bonds. The van der Waals surface area contributed by atoms with Crippen molar-refractivity contribution < 1.29 is 38.8 Å². The molecule has 4 bridgehead atoms. The summed E-state index contributed by atoms with van der Waals surface area (Å²) in [5, 5.41) is 26.5. The van der Waals surface area contributed by atoms with Crippen LogP contribution in [0.1, 0.15) is 109 Å². The summed E-state index contributed by atoms with van der Waals surface area (Å²) in [6, 6.07) is 0. The van der Waals surface area contributed by atoms with Gasteiger partial charge in [-0.1, -0.05) is 47.1 Å². The summed E-state index contributed by atoms with van der Waals surface area (Å²) < 4.78 is 19.2. The maximum absolute atomic E-state index is 14.9. The molecule has 6 rings (SSSR count). The van der Waals surface area contributed by atoms with E-state index in [1.807, 2.05) is 53.7 Å². The quantitative estimate of drug-likeness (QED) is 0.104. The monoisotopic (exact) mass is 701 g/mol. The fourth-order valence-electron chi connectivity index (χ4n) is 8.33. The zero-order chi connectivity index (χ0) is 37.5. The smallest absolute Gasteiger partial charge is 0.246 e. The van der Waals surface area contributed by atoms with Gasteiger partial charge in [0.1, 0.15) is 22.8 Å². The lowest BCUT2D eigenvalue weighted by Crippen LogP contribution is -2.72. The van der Waals surface area contributed by atoms with Gasteiger partial charge < -0.3 is 29.7 Å². The van der Waals surface area contributed by atoms with Gasteiger partial charge in [0, 0.05) is 53.7 Å². The minimum Gasteiger partial charge on any atom is -0.507 e. The van der Waals surface area contributed by atoms with E-state index in [-0.39, 0.29) is 59.3 Å². The van der Waals surface area contributed by atoms with Crippen LogP contribution in [0.3, 0.4) is 0 Å². The van der Waals surface area contributed by atoms with Crippen molar-refractivity contribution in [1.29, 1.82) is 0 Å². The number of aromatic hydroxyl groups is 2. The molecule has 1 spiro atoms. The maximum atomic E-state index is 14.9. The molecular formula is C42H55NO8. The van der Waals surface area contributed by atoms with Crippen molar-refractivity contribution in [2.45, 2.75) is 118 Å². The van der Waals surface area contributed by atoms with Gasteiger partial charge in [0.2, 0.25) is 5.91 Å². The van der Waals surface area contributed by atoms with Gasteiger partial charge >= 0.3 is 0 Å². The average Bonchev–Trinajstić information content (AvgIpc) is 3.21. The van der Waals surface area contributed by atoms with Gasteiger partial charge in [-0.3, -0.25) is 14.4 Å². The molecule has 276 valence electrons. The van der Waals surface area contributed by atoms with Crippen LogP contribution in [0.5, 0.6) is 17.2 Å². The Balaban J connectivity index is 1.63. The normalized spacial score (nSPS) is 25.9. The number of hydrogen-bond acceptors (Lipinski definition) is 8. The van der Waals surface area contributed by atoms with Crippen molar-refractivity contribution in [3.63, 3.8) is 0 Å². The third-order valence-corrected chi connectivity index (χ3v) is 10.9. The minimum atomic E-state index is -1.61. The Labute approximate surface area is 302 Å². The number of ether oxygens (including phenoxy) is 3. The number of allylic oxidation sites excluding steroid dienone is 7. The highest BCUT2D eigenvalue weighted by molar-refractivity contribution is 6.18. The van der Waals surface area contributed by atoms with Crippen LogP contribution in [-0.4, -0.2) is 64.2 Å². The van der Waals surface area contributed by atoms with E-state index in [1.165, 1.54) is 5.57 Å². The molecule has 2 fully saturated rings. The zero-order valence-corrected chi connectivity index (χ0v) is 31.7. The Morgan fingerprint density at radius 2 is 1.67 bits per heavy atom. The largest absolute Gasteiger partial charge is 0.507 e. The summed E-state index contributed by atoms with van der Waals surface area (Å²) in [7, 11) is 0. The number of rotatable bonds is 14. The van der Waals surface area contributed by atoms with Gasteiger partial charge in [0.05, 0.1) is 12.2 Å². The molecule has 1 aromatic rings. The van der Waals surface area contributed by atoms with Crippen LogP contribution < -0.4 is 10.1 Å². The van der Waals surface area contributed by atoms with E-state index in [2.05, 4.69) is 25.2 Å². The summed E-state index contributed by atoms with van der Waals surface area (Å²) in [5.74, 6) is -2.28. The first-order valence-electron chi connectivity index (χ1n) is 18.3. The van der Waals surface area contributed by atoms with E-state index in [1.54, 1.807) is 19.1 Å². The fraction of sp³-hybridized carbons (Fsp3) is 0.548. The lowest BCUT2D eigenvalue weighted by molar-refractivity contribution is -0.171. The number of amides is 1. The number of phenols is 2. The van der Waals surface area contributed by atoms with Crippen LogP contribution in [0.2, 0.25) is 0 Å².